The zero-order valence-corrected chi connectivity index (χ0v) is 22.1. The van der Waals surface area contributed by atoms with Gasteiger partial charge in [-0.25, -0.2) is 24.9 Å². The van der Waals surface area contributed by atoms with E-state index in [1.54, 1.807) is 24.3 Å². The molecule has 3 aromatic heterocycles. The van der Waals surface area contributed by atoms with E-state index < -0.39 is 23.8 Å². The Morgan fingerprint density at radius 2 is 1.75 bits per heavy atom. The number of aromatic nitrogens is 6. The summed E-state index contributed by atoms with van der Waals surface area (Å²) in [5, 5.41) is 0. The smallest absolute Gasteiger partial charge is 0.434 e. The summed E-state index contributed by atoms with van der Waals surface area (Å²) in [6.45, 7) is 0. The van der Waals surface area contributed by atoms with Gasteiger partial charge in [0.25, 0.3) is 0 Å². The van der Waals surface area contributed by atoms with E-state index in [1.165, 1.54) is 45.5 Å². The van der Waals surface area contributed by atoms with Crippen molar-refractivity contribution in [2.45, 2.75) is 30.9 Å². The second-order valence-corrected chi connectivity index (χ2v) is 9.20. The number of aryl methyl sites for hydroxylation is 1. The summed E-state index contributed by atoms with van der Waals surface area (Å²) in [5.74, 6) is -0.499. The van der Waals surface area contributed by atoms with Gasteiger partial charge in [0.1, 0.15) is 29.3 Å². The number of methoxy groups -OCH3 is 3. The Kier molecular flexibility index (Phi) is 7.13. The Hall–Kier alpha value is -4.55. The van der Waals surface area contributed by atoms with Gasteiger partial charge in [0.05, 0.1) is 33.2 Å². The highest BCUT2D eigenvalue weighted by molar-refractivity contribution is 5.83. The minimum absolute atomic E-state index is 0.124. The van der Waals surface area contributed by atoms with Crippen molar-refractivity contribution < 1.29 is 32.2 Å². The normalized spacial score (nSPS) is 14.1. The third-order valence-corrected chi connectivity index (χ3v) is 6.60. The van der Waals surface area contributed by atoms with Crippen molar-refractivity contribution in [1.29, 1.82) is 0 Å². The Labute approximate surface area is 227 Å². The van der Waals surface area contributed by atoms with E-state index in [0.717, 1.165) is 24.7 Å². The first kappa shape index (κ1) is 27.0. The van der Waals surface area contributed by atoms with Gasteiger partial charge < -0.3 is 18.8 Å². The molecular weight excluding hydrogens is 529 g/mol. The largest absolute Gasteiger partial charge is 0.493 e. The average molecular weight is 555 g/mol. The summed E-state index contributed by atoms with van der Waals surface area (Å²) < 4.78 is 56.9. The summed E-state index contributed by atoms with van der Waals surface area (Å²) in [5.41, 5.74) is 1.44. The van der Waals surface area contributed by atoms with Gasteiger partial charge in [-0.1, -0.05) is 24.3 Å². The van der Waals surface area contributed by atoms with Crippen molar-refractivity contribution in [3.8, 4) is 34.4 Å². The van der Waals surface area contributed by atoms with Gasteiger partial charge in [0, 0.05) is 24.7 Å². The van der Waals surface area contributed by atoms with Crippen LogP contribution in [-0.4, -0.2) is 56.8 Å². The van der Waals surface area contributed by atoms with Crippen molar-refractivity contribution in [3.05, 3.63) is 65.6 Å². The summed E-state index contributed by atoms with van der Waals surface area (Å²) in [4.78, 5) is 34.7. The zero-order chi connectivity index (χ0) is 28.6. The molecule has 0 amide bonds. The lowest BCUT2D eigenvalue weighted by Gasteiger charge is -2.19. The van der Waals surface area contributed by atoms with Gasteiger partial charge >= 0.3 is 12.1 Å². The lowest BCUT2D eigenvalue weighted by atomic mass is 9.93. The molecule has 4 aromatic rings. The van der Waals surface area contributed by atoms with Crippen LogP contribution in [-0.2, 0) is 22.8 Å². The number of hydrogen-bond acceptors (Lipinski definition) is 9. The number of nitrogens with zero attached hydrogens (tertiary/aromatic N) is 6. The van der Waals surface area contributed by atoms with Crippen molar-refractivity contribution in [3.63, 3.8) is 0 Å². The molecule has 5 rings (SSSR count). The summed E-state index contributed by atoms with van der Waals surface area (Å²) in [6.07, 6.45) is 1.17. The van der Waals surface area contributed by atoms with E-state index in [0.29, 0.717) is 22.6 Å². The van der Waals surface area contributed by atoms with Crippen LogP contribution in [0.4, 0.5) is 13.2 Å². The highest BCUT2D eigenvalue weighted by Crippen LogP contribution is 2.45. The standard InChI is InChI=1S/C27H25F3N6O4/c1-36-12-18(27(28,29)30)34-24(36)16-9-5-14(6-10-16)19(26(37)40-4)22-17(38-2)11-31-23(35-22)20-21(15-7-8-15)32-13-33-25(20)39-3/h5-6,9-13,15,19H,7-8H2,1-4H3. The Morgan fingerprint density at radius 3 is 2.33 bits per heavy atom. The quantitative estimate of drug-likeness (QED) is 0.289. The minimum atomic E-state index is -4.57. The van der Waals surface area contributed by atoms with Crippen molar-refractivity contribution in [2.24, 2.45) is 7.05 Å². The maximum Gasteiger partial charge on any atom is 0.434 e. The summed E-state index contributed by atoms with van der Waals surface area (Å²) in [6, 6.07) is 6.40. The van der Waals surface area contributed by atoms with Gasteiger partial charge in [0.15, 0.2) is 17.3 Å². The van der Waals surface area contributed by atoms with Crippen LogP contribution in [0, 0.1) is 0 Å². The van der Waals surface area contributed by atoms with Crippen molar-refractivity contribution in [1.82, 2.24) is 29.5 Å². The number of rotatable bonds is 8. The van der Waals surface area contributed by atoms with E-state index in [9.17, 15) is 18.0 Å². The first-order chi connectivity index (χ1) is 19.2. The molecule has 0 N–H and O–H groups in total. The SMILES string of the molecule is COC(=O)C(c1ccc(-c2nc(C(F)(F)F)cn2C)cc1)c1nc(-c2c(OC)ncnc2C2CC2)ncc1OC. The van der Waals surface area contributed by atoms with E-state index >= 15 is 0 Å². The highest BCUT2D eigenvalue weighted by atomic mass is 19.4. The number of esters is 1. The zero-order valence-electron chi connectivity index (χ0n) is 22.1. The fraction of sp³-hybridized carbons (Fsp3) is 0.333. The van der Waals surface area contributed by atoms with Gasteiger partial charge in [-0.15, -0.1) is 0 Å². The molecule has 0 aliphatic heterocycles. The number of hydrogen-bond donors (Lipinski definition) is 0. The monoisotopic (exact) mass is 554 g/mol. The van der Waals surface area contributed by atoms with E-state index in [1.807, 2.05) is 0 Å². The molecule has 1 aliphatic carbocycles. The molecule has 1 unspecified atom stereocenters. The number of carbonyl (C=O) groups is 1. The number of benzene rings is 1. The highest BCUT2D eigenvalue weighted by Gasteiger charge is 2.36. The number of carbonyl (C=O) groups excluding carboxylic acids is 1. The van der Waals surface area contributed by atoms with Crippen LogP contribution in [0.15, 0.2) is 43.0 Å². The van der Waals surface area contributed by atoms with Gasteiger partial charge in [-0.2, -0.15) is 13.2 Å². The van der Waals surface area contributed by atoms with Gasteiger partial charge in [-0.3, -0.25) is 4.79 Å². The maximum absolute atomic E-state index is 13.2. The van der Waals surface area contributed by atoms with Gasteiger partial charge in [0.2, 0.25) is 5.88 Å². The Bertz CT molecular complexity index is 1550. The fourth-order valence-electron chi connectivity index (χ4n) is 4.50. The topological polar surface area (TPSA) is 114 Å². The molecule has 10 nitrogen and oxygen atoms in total. The molecule has 1 saturated carbocycles. The van der Waals surface area contributed by atoms with Crippen LogP contribution >= 0.6 is 0 Å². The molecule has 1 fully saturated rings. The summed E-state index contributed by atoms with van der Waals surface area (Å²) in [7, 11) is 5.66. The van der Waals surface area contributed by atoms with E-state index in [-0.39, 0.29) is 29.0 Å². The lowest BCUT2D eigenvalue weighted by Crippen LogP contribution is -2.19. The van der Waals surface area contributed by atoms with Crippen molar-refractivity contribution >= 4 is 5.97 Å². The molecule has 40 heavy (non-hydrogen) atoms. The molecule has 1 aliphatic rings. The fourth-order valence-corrected chi connectivity index (χ4v) is 4.50. The molecule has 0 bridgehead atoms. The average Bonchev–Trinajstić information content (AvgIpc) is 3.73. The number of halogens is 3. The maximum atomic E-state index is 13.2. The van der Waals surface area contributed by atoms with E-state index in [2.05, 4.69) is 19.9 Å². The third-order valence-electron chi connectivity index (χ3n) is 6.60. The number of alkyl halides is 3. The summed E-state index contributed by atoms with van der Waals surface area (Å²) >= 11 is 0. The first-order valence-electron chi connectivity index (χ1n) is 12.2. The predicted octanol–water partition coefficient (Wildman–Crippen LogP) is 4.55. The molecule has 13 heteroatoms. The van der Waals surface area contributed by atoms with Crippen LogP contribution in [0.25, 0.3) is 22.8 Å². The predicted molar refractivity (Wildman–Crippen MR) is 136 cm³/mol. The Morgan fingerprint density at radius 1 is 1.02 bits per heavy atom. The molecule has 0 spiro atoms. The molecule has 1 aromatic carbocycles. The number of imidazole rings is 1. The molecule has 208 valence electrons. The Balaban J connectivity index is 1.59. The molecule has 0 radical (unpaired) electrons. The van der Waals surface area contributed by atoms with Crippen LogP contribution in [0.5, 0.6) is 11.6 Å². The second-order valence-electron chi connectivity index (χ2n) is 9.20. The second kappa shape index (κ2) is 10.5. The lowest BCUT2D eigenvalue weighted by molar-refractivity contribution is -0.142. The van der Waals surface area contributed by atoms with E-state index in [4.69, 9.17) is 19.2 Å². The van der Waals surface area contributed by atoms with Crippen LogP contribution in [0.1, 0.15) is 47.3 Å². The van der Waals surface area contributed by atoms with Crippen molar-refractivity contribution in [2.75, 3.05) is 21.3 Å². The first-order valence-corrected chi connectivity index (χ1v) is 12.2. The third kappa shape index (κ3) is 5.06. The van der Waals surface area contributed by atoms with Gasteiger partial charge in [-0.05, 0) is 18.4 Å². The van der Waals surface area contributed by atoms with Crippen LogP contribution in [0.3, 0.4) is 0 Å². The van der Waals surface area contributed by atoms with Crippen LogP contribution < -0.4 is 9.47 Å². The van der Waals surface area contributed by atoms with Crippen LogP contribution in [0.2, 0.25) is 0 Å². The molecule has 3 heterocycles. The molecule has 0 saturated heterocycles. The molecule has 1 atom stereocenters. The minimum Gasteiger partial charge on any atom is -0.493 e. The number of ether oxygens (including phenoxy) is 3. The molecular formula is C27H25F3N6O4.